The van der Waals surface area contributed by atoms with Gasteiger partial charge in [-0.2, -0.15) is 5.10 Å². The Labute approximate surface area is 188 Å². The fourth-order valence-corrected chi connectivity index (χ4v) is 3.09. The van der Waals surface area contributed by atoms with E-state index in [-0.39, 0.29) is 0 Å². The van der Waals surface area contributed by atoms with Crippen LogP contribution < -0.4 is 24.8 Å². The minimum absolute atomic E-state index is 0.384. The molecule has 0 saturated carbocycles. The number of hydrogen-bond donors (Lipinski definition) is 3. The minimum atomic E-state index is 0.384. The second-order valence-corrected chi connectivity index (χ2v) is 6.90. The number of aliphatic imine (C=N–C) groups is 1. The molecule has 0 aliphatic rings. The highest BCUT2D eigenvalue weighted by Gasteiger charge is 2.07. The summed E-state index contributed by atoms with van der Waals surface area (Å²) in [5.41, 5.74) is 2.06. The lowest BCUT2D eigenvalue weighted by Crippen LogP contribution is -2.38. The Kier molecular flexibility index (Phi) is 8.30. The van der Waals surface area contributed by atoms with Gasteiger partial charge in [0.05, 0.1) is 21.3 Å². The van der Waals surface area contributed by atoms with Crippen LogP contribution in [0.15, 0.2) is 47.5 Å². The summed E-state index contributed by atoms with van der Waals surface area (Å²) in [6.07, 6.45) is 0.814. The van der Waals surface area contributed by atoms with Crippen LogP contribution >= 0.6 is 0 Å². The summed E-state index contributed by atoms with van der Waals surface area (Å²) in [5.74, 6) is 4.28. The zero-order valence-corrected chi connectivity index (χ0v) is 18.9. The first-order valence-corrected chi connectivity index (χ1v) is 10.5. The standard InChI is InChI=1S/C23H30N6O3/c1-5-24-23(25-13-12-16-6-11-19(31-3)20(14-16)32-4)26-15-21-27-22(29-28-21)17-7-9-18(30-2)10-8-17/h6-11,14H,5,12-13,15H2,1-4H3,(H2,24,25,26)(H,27,28,29). The molecule has 170 valence electrons. The summed E-state index contributed by atoms with van der Waals surface area (Å²) in [7, 11) is 4.91. The van der Waals surface area contributed by atoms with Crippen molar-refractivity contribution in [3.63, 3.8) is 0 Å². The van der Waals surface area contributed by atoms with Crippen molar-refractivity contribution < 1.29 is 14.2 Å². The molecule has 1 aromatic heterocycles. The summed E-state index contributed by atoms with van der Waals surface area (Å²) in [5, 5.41) is 13.8. The number of hydrogen-bond acceptors (Lipinski definition) is 6. The van der Waals surface area contributed by atoms with E-state index < -0.39 is 0 Å². The van der Waals surface area contributed by atoms with Crippen LogP contribution in [0.1, 0.15) is 18.3 Å². The van der Waals surface area contributed by atoms with E-state index in [2.05, 4.69) is 30.8 Å². The summed E-state index contributed by atoms with van der Waals surface area (Å²) >= 11 is 0. The molecule has 0 saturated heterocycles. The number of benzene rings is 2. The summed E-state index contributed by atoms with van der Waals surface area (Å²) in [4.78, 5) is 9.14. The molecule has 1 heterocycles. The third kappa shape index (κ3) is 6.13. The van der Waals surface area contributed by atoms with Gasteiger partial charge in [-0.15, -0.1) is 0 Å². The lowest BCUT2D eigenvalue weighted by molar-refractivity contribution is 0.354. The Morgan fingerprint density at radius 1 is 0.969 bits per heavy atom. The molecule has 3 aromatic rings. The number of nitrogens with zero attached hydrogens (tertiary/aromatic N) is 3. The molecule has 3 N–H and O–H groups in total. The predicted molar refractivity (Wildman–Crippen MR) is 124 cm³/mol. The van der Waals surface area contributed by atoms with Gasteiger partial charge in [-0.05, 0) is 55.3 Å². The highest BCUT2D eigenvalue weighted by molar-refractivity contribution is 5.79. The average molecular weight is 439 g/mol. The van der Waals surface area contributed by atoms with E-state index in [1.54, 1.807) is 21.3 Å². The number of rotatable bonds is 10. The first-order valence-electron chi connectivity index (χ1n) is 10.5. The number of H-pyrrole nitrogens is 1. The molecular weight excluding hydrogens is 408 g/mol. The molecule has 0 atom stereocenters. The van der Waals surface area contributed by atoms with Crippen LogP contribution in [0, 0.1) is 0 Å². The Balaban J connectivity index is 1.57. The SMILES string of the molecule is CCNC(=NCc1nc(-c2ccc(OC)cc2)n[nH]1)NCCc1ccc(OC)c(OC)c1. The topological polar surface area (TPSA) is 106 Å². The summed E-state index contributed by atoms with van der Waals surface area (Å²) < 4.78 is 15.9. The van der Waals surface area contributed by atoms with Gasteiger partial charge in [0.15, 0.2) is 23.3 Å². The van der Waals surface area contributed by atoms with Gasteiger partial charge in [0.2, 0.25) is 0 Å². The van der Waals surface area contributed by atoms with E-state index in [1.807, 2.05) is 49.4 Å². The second kappa shape index (κ2) is 11.6. The number of aromatic amines is 1. The molecule has 0 fully saturated rings. The molecule has 0 unspecified atom stereocenters. The van der Waals surface area contributed by atoms with E-state index in [0.29, 0.717) is 18.2 Å². The van der Waals surface area contributed by atoms with Gasteiger partial charge in [-0.25, -0.2) is 9.98 Å². The maximum absolute atomic E-state index is 5.37. The predicted octanol–water partition coefficient (Wildman–Crippen LogP) is 2.80. The van der Waals surface area contributed by atoms with E-state index >= 15 is 0 Å². The number of nitrogens with one attached hydrogen (secondary N) is 3. The molecule has 0 bridgehead atoms. The first kappa shape index (κ1) is 22.9. The monoisotopic (exact) mass is 438 g/mol. The van der Waals surface area contributed by atoms with Gasteiger partial charge >= 0.3 is 0 Å². The van der Waals surface area contributed by atoms with Crippen molar-refractivity contribution in [1.29, 1.82) is 0 Å². The van der Waals surface area contributed by atoms with Crippen LogP contribution in [-0.4, -0.2) is 55.6 Å². The summed E-state index contributed by atoms with van der Waals surface area (Å²) in [6.45, 7) is 3.89. The molecule has 0 aliphatic heterocycles. The highest BCUT2D eigenvalue weighted by atomic mass is 16.5. The molecule has 32 heavy (non-hydrogen) atoms. The van der Waals surface area contributed by atoms with Crippen LogP contribution in [0.5, 0.6) is 17.2 Å². The van der Waals surface area contributed by atoms with Crippen molar-refractivity contribution in [3.05, 3.63) is 53.9 Å². The molecule has 0 aliphatic carbocycles. The fourth-order valence-electron chi connectivity index (χ4n) is 3.09. The van der Waals surface area contributed by atoms with E-state index in [0.717, 1.165) is 53.8 Å². The van der Waals surface area contributed by atoms with Crippen LogP contribution in [-0.2, 0) is 13.0 Å². The Morgan fingerprint density at radius 3 is 2.44 bits per heavy atom. The molecule has 0 spiro atoms. The van der Waals surface area contributed by atoms with Gasteiger partial charge in [-0.1, -0.05) is 6.07 Å². The number of guanidine groups is 1. The van der Waals surface area contributed by atoms with Crippen molar-refractivity contribution in [1.82, 2.24) is 25.8 Å². The Hall–Kier alpha value is -3.75. The van der Waals surface area contributed by atoms with E-state index in [4.69, 9.17) is 14.2 Å². The van der Waals surface area contributed by atoms with E-state index in [9.17, 15) is 0 Å². The van der Waals surface area contributed by atoms with Crippen LogP contribution in [0.25, 0.3) is 11.4 Å². The third-order valence-electron chi connectivity index (χ3n) is 4.77. The fraction of sp³-hybridized carbons (Fsp3) is 0.348. The largest absolute Gasteiger partial charge is 0.497 e. The molecular formula is C23H30N6O3. The molecule has 9 nitrogen and oxygen atoms in total. The Morgan fingerprint density at radius 2 is 1.75 bits per heavy atom. The zero-order valence-electron chi connectivity index (χ0n) is 18.9. The van der Waals surface area contributed by atoms with Crippen LogP contribution in [0.4, 0.5) is 0 Å². The number of ether oxygens (including phenoxy) is 3. The maximum atomic E-state index is 5.37. The van der Waals surface area contributed by atoms with Gasteiger partial charge in [0, 0.05) is 18.7 Å². The van der Waals surface area contributed by atoms with Gasteiger partial charge < -0.3 is 24.8 Å². The smallest absolute Gasteiger partial charge is 0.191 e. The molecule has 2 aromatic carbocycles. The first-order chi connectivity index (χ1) is 15.7. The maximum Gasteiger partial charge on any atom is 0.191 e. The van der Waals surface area contributed by atoms with Gasteiger partial charge in [0.25, 0.3) is 0 Å². The molecule has 0 amide bonds. The molecule has 3 rings (SSSR count). The molecule has 9 heteroatoms. The zero-order chi connectivity index (χ0) is 22.8. The lowest BCUT2D eigenvalue weighted by Gasteiger charge is -2.12. The average Bonchev–Trinajstić information content (AvgIpc) is 3.31. The quantitative estimate of drug-likeness (QED) is 0.330. The molecule has 0 radical (unpaired) electrons. The van der Waals surface area contributed by atoms with Gasteiger partial charge in [-0.3, -0.25) is 5.10 Å². The number of aromatic nitrogens is 3. The number of methoxy groups -OCH3 is 3. The second-order valence-electron chi connectivity index (χ2n) is 6.90. The third-order valence-corrected chi connectivity index (χ3v) is 4.77. The van der Waals surface area contributed by atoms with E-state index in [1.165, 1.54) is 0 Å². The minimum Gasteiger partial charge on any atom is -0.497 e. The Bertz CT molecular complexity index is 1020. The normalized spacial score (nSPS) is 11.2. The van der Waals surface area contributed by atoms with Crippen LogP contribution in [0.2, 0.25) is 0 Å². The summed E-state index contributed by atoms with van der Waals surface area (Å²) in [6, 6.07) is 13.5. The highest BCUT2D eigenvalue weighted by Crippen LogP contribution is 2.27. The van der Waals surface area contributed by atoms with Crippen LogP contribution in [0.3, 0.4) is 0 Å². The van der Waals surface area contributed by atoms with Crippen molar-refractivity contribution in [2.45, 2.75) is 19.9 Å². The van der Waals surface area contributed by atoms with Crippen molar-refractivity contribution in [3.8, 4) is 28.6 Å². The van der Waals surface area contributed by atoms with Crippen molar-refractivity contribution in [2.24, 2.45) is 4.99 Å². The van der Waals surface area contributed by atoms with Crippen molar-refractivity contribution >= 4 is 5.96 Å². The lowest BCUT2D eigenvalue weighted by atomic mass is 10.1. The van der Waals surface area contributed by atoms with Gasteiger partial charge in [0.1, 0.15) is 18.1 Å². The van der Waals surface area contributed by atoms with Crippen molar-refractivity contribution in [2.75, 3.05) is 34.4 Å².